The molecular formula is C23H20BrN3O2. The van der Waals surface area contributed by atoms with Gasteiger partial charge in [0.2, 0.25) is 5.91 Å². The molecular weight excluding hydrogens is 430 g/mol. The van der Waals surface area contributed by atoms with E-state index in [1.165, 1.54) is 0 Å². The van der Waals surface area contributed by atoms with Crippen LogP contribution in [-0.4, -0.2) is 27.7 Å². The number of amides is 2. The quantitative estimate of drug-likeness (QED) is 0.645. The molecule has 1 aliphatic heterocycles. The summed E-state index contributed by atoms with van der Waals surface area (Å²) in [5, 5.41) is 2.94. The predicted octanol–water partition coefficient (Wildman–Crippen LogP) is 3.73. The van der Waals surface area contributed by atoms with Crippen molar-refractivity contribution in [3.63, 3.8) is 0 Å². The zero-order valence-corrected chi connectivity index (χ0v) is 17.3. The molecule has 0 fully saturated rings. The first-order valence-electron chi connectivity index (χ1n) is 9.42. The summed E-state index contributed by atoms with van der Waals surface area (Å²) < 4.78 is 0.892. The van der Waals surface area contributed by atoms with Gasteiger partial charge >= 0.3 is 0 Å². The number of aromatic nitrogens is 1. The number of nitrogens with zero attached hydrogens (tertiary/aromatic N) is 2. The van der Waals surface area contributed by atoms with E-state index in [1.54, 1.807) is 23.2 Å². The van der Waals surface area contributed by atoms with Crippen LogP contribution in [-0.2, 0) is 24.3 Å². The van der Waals surface area contributed by atoms with Gasteiger partial charge < -0.3 is 10.2 Å². The lowest BCUT2D eigenvalue weighted by Crippen LogP contribution is -2.48. The number of carbonyl (C=O) groups excluding carboxylic acids is 2. The van der Waals surface area contributed by atoms with Gasteiger partial charge in [-0.1, -0.05) is 48.5 Å². The molecule has 6 heteroatoms. The third-order valence-electron chi connectivity index (χ3n) is 4.96. The highest BCUT2D eigenvalue weighted by atomic mass is 79.9. The monoisotopic (exact) mass is 449 g/mol. The number of halogens is 1. The lowest BCUT2D eigenvalue weighted by atomic mass is 10.0. The molecule has 0 aliphatic carbocycles. The number of hydrogen-bond donors (Lipinski definition) is 1. The third-order valence-corrected chi connectivity index (χ3v) is 5.40. The molecule has 0 saturated carbocycles. The highest BCUT2D eigenvalue weighted by Crippen LogP contribution is 2.24. The molecule has 146 valence electrons. The van der Waals surface area contributed by atoms with Crippen LogP contribution in [0.1, 0.15) is 27.2 Å². The number of nitrogens with one attached hydrogen (secondary N) is 1. The van der Waals surface area contributed by atoms with E-state index in [9.17, 15) is 9.59 Å². The number of pyridine rings is 1. The molecule has 1 N–H and O–H groups in total. The van der Waals surface area contributed by atoms with Crippen molar-refractivity contribution in [1.29, 1.82) is 0 Å². The maximum absolute atomic E-state index is 13.3. The highest BCUT2D eigenvalue weighted by molar-refractivity contribution is 9.10. The third kappa shape index (κ3) is 4.54. The predicted molar refractivity (Wildman–Crippen MR) is 114 cm³/mol. The van der Waals surface area contributed by atoms with Crippen molar-refractivity contribution in [2.45, 2.75) is 25.6 Å². The van der Waals surface area contributed by atoms with Gasteiger partial charge in [-0.3, -0.25) is 14.6 Å². The van der Waals surface area contributed by atoms with Crippen molar-refractivity contribution in [2.24, 2.45) is 0 Å². The summed E-state index contributed by atoms with van der Waals surface area (Å²) in [6, 6.07) is 20.0. The molecule has 2 amide bonds. The molecule has 3 aromatic rings. The van der Waals surface area contributed by atoms with Gasteiger partial charge in [-0.2, -0.15) is 0 Å². The molecule has 2 aromatic carbocycles. The first-order valence-corrected chi connectivity index (χ1v) is 10.2. The molecule has 0 saturated heterocycles. The van der Waals surface area contributed by atoms with Crippen LogP contribution < -0.4 is 5.32 Å². The van der Waals surface area contributed by atoms with Crippen LogP contribution in [0.2, 0.25) is 0 Å². The Hall–Kier alpha value is -2.99. The maximum Gasteiger partial charge on any atom is 0.251 e. The van der Waals surface area contributed by atoms with E-state index < -0.39 is 6.04 Å². The fourth-order valence-electron chi connectivity index (χ4n) is 3.49. The Morgan fingerprint density at radius 2 is 1.72 bits per heavy atom. The Morgan fingerprint density at radius 3 is 2.45 bits per heavy atom. The Morgan fingerprint density at radius 1 is 1.03 bits per heavy atom. The summed E-state index contributed by atoms with van der Waals surface area (Å²) in [6.07, 6.45) is 2.17. The van der Waals surface area contributed by atoms with Gasteiger partial charge in [0.1, 0.15) is 6.04 Å². The van der Waals surface area contributed by atoms with E-state index in [0.29, 0.717) is 25.1 Å². The second-order valence-electron chi connectivity index (χ2n) is 7.04. The number of rotatable bonds is 5. The van der Waals surface area contributed by atoms with Crippen LogP contribution in [0.5, 0.6) is 0 Å². The minimum absolute atomic E-state index is 0.104. The normalized spacial score (nSPS) is 13.6. The zero-order valence-electron chi connectivity index (χ0n) is 15.7. The molecule has 0 bridgehead atoms. The highest BCUT2D eigenvalue weighted by Gasteiger charge is 2.31. The molecule has 0 spiro atoms. The standard InChI is InChI=1S/C23H20BrN3O2/c24-19-12-18-14-27(15-21(18)25-13-19)23(29)20(11-16-7-3-1-4-8-16)26-22(28)17-9-5-2-6-10-17/h1-10,12-13,20H,11,14-15H2,(H,26,28). The van der Waals surface area contributed by atoms with Gasteiger partial charge in [-0.05, 0) is 45.3 Å². The van der Waals surface area contributed by atoms with Crippen molar-refractivity contribution >= 4 is 27.7 Å². The van der Waals surface area contributed by atoms with Crippen molar-refractivity contribution in [2.75, 3.05) is 0 Å². The van der Waals surface area contributed by atoms with Crippen LogP contribution in [0.3, 0.4) is 0 Å². The maximum atomic E-state index is 13.3. The van der Waals surface area contributed by atoms with E-state index in [2.05, 4.69) is 26.2 Å². The largest absolute Gasteiger partial charge is 0.340 e. The molecule has 2 heterocycles. The molecule has 4 rings (SSSR count). The molecule has 1 atom stereocenters. The molecule has 5 nitrogen and oxygen atoms in total. The Labute approximate surface area is 177 Å². The van der Waals surface area contributed by atoms with Gasteiger partial charge in [0.25, 0.3) is 5.91 Å². The van der Waals surface area contributed by atoms with Crippen LogP contribution in [0.15, 0.2) is 77.4 Å². The van der Waals surface area contributed by atoms with E-state index in [4.69, 9.17) is 0 Å². The molecule has 1 aromatic heterocycles. The number of benzene rings is 2. The minimum atomic E-state index is -0.650. The molecule has 29 heavy (non-hydrogen) atoms. The summed E-state index contributed by atoms with van der Waals surface area (Å²) in [5.41, 5.74) is 3.46. The number of fused-ring (bicyclic) bond motifs is 1. The number of hydrogen-bond acceptors (Lipinski definition) is 3. The van der Waals surface area contributed by atoms with Gasteiger partial charge in [0.15, 0.2) is 0 Å². The SMILES string of the molecule is O=C(NC(Cc1ccccc1)C(=O)N1Cc2cc(Br)cnc2C1)c1ccccc1. The average molecular weight is 450 g/mol. The van der Waals surface area contributed by atoms with Crippen molar-refractivity contribution < 1.29 is 9.59 Å². The van der Waals surface area contributed by atoms with E-state index in [0.717, 1.165) is 21.3 Å². The fraction of sp³-hybridized carbons (Fsp3) is 0.174. The summed E-state index contributed by atoms with van der Waals surface area (Å²) in [5.74, 6) is -0.357. The summed E-state index contributed by atoms with van der Waals surface area (Å²) >= 11 is 3.43. The lowest BCUT2D eigenvalue weighted by Gasteiger charge is -2.24. The first-order chi connectivity index (χ1) is 14.1. The Bertz CT molecular complexity index is 1020. The molecule has 1 unspecified atom stereocenters. The van der Waals surface area contributed by atoms with Gasteiger partial charge in [0.05, 0.1) is 12.2 Å². The van der Waals surface area contributed by atoms with Crippen LogP contribution in [0.25, 0.3) is 0 Å². The van der Waals surface area contributed by atoms with Crippen LogP contribution in [0.4, 0.5) is 0 Å². The van der Waals surface area contributed by atoms with E-state index in [-0.39, 0.29) is 11.8 Å². The summed E-state index contributed by atoms with van der Waals surface area (Å²) in [4.78, 5) is 32.2. The lowest BCUT2D eigenvalue weighted by molar-refractivity contribution is -0.133. The molecule has 0 radical (unpaired) electrons. The van der Waals surface area contributed by atoms with Gasteiger partial charge in [-0.25, -0.2) is 0 Å². The topological polar surface area (TPSA) is 62.3 Å². The van der Waals surface area contributed by atoms with E-state index >= 15 is 0 Å². The van der Waals surface area contributed by atoms with Crippen LogP contribution >= 0.6 is 15.9 Å². The van der Waals surface area contributed by atoms with E-state index in [1.807, 2.05) is 54.6 Å². The fourth-order valence-corrected chi connectivity index (χ4v) is 3.87. The molecule has 1 aliphatic rings. The minimum Gasteiger partial charge on any atom is -0.340 e. The zero-order chi connectivity index (χ0) is 20.2. The Balaban J connectivity index is 1.54. The van der Waals surface area contributed by atoms with Gasteiger partial charge in [-0.15, -0.1) is 0 Å². The van der Waals surface area contributed by atoms with Crippen molar-refractivity contribution in [3.8, 4) is 0 Å². The van der Waals surface area contributed by atoms with Crippen LogP contribution in [0, 0.1) is 0 Å². The second kappa shape index (κ2) is 8.57. The second-order valence-corrected chi connectivity index (χ2v) is 7.95. The van der Waals surface area contributed by atoms with Crippen molar-refractivity contribution in [3.05, 3.63) is 99.8 Å². The average Bonchev–Trinajstić information content (AvgIpc) is 3.17. The Kier molecular flexibility index (Phi) is 5.71. The smallest absolute Gasteiger partial charge is 0.251 e. The first kappa shape index (κ1) is 19.3. The summed E-state index contributed by atoms with van der Waals surface area (Å²) in [6.45, 7) is 0.945. The van der Waals surface area contributed by atoms with Crippen molar-refractivity contribution in [1.82, 2.24) is 15.2 Å². The summed E-state index contributed by atoms with van der Waals surface area (Å²) in [7, 11) is 0. The number of carbonyl (C=O) groups is 2. The van der Waals surface area contributed by atoms with Gasteiger partial charge in [0, 0.05) is 29.2 Å².